The van der Waals surface area contributed by atoms with Crippen LogP contribution in [-0.4, -0.2) is 17.7 Å². The molecule has 2 rings (SSSR count). The first kappa shape index (κ1) is 15.1. The Morgan fingerprint density at radius 1 is 1.38 bits per heavy atom. The third-order valence-corrected chi connectivity index (χ3v) is 3.11. The molecule has 1 heterocycles. The summed E-state index contributed by atoms with van der Waals surface area (Å²) in [5.74, 6) is 1.10. The van der Waals surface area contributed by atoms with E-state index in [9.17, 15) is 4.79 Å². The van der Waals surface area contributed by atoms with Crippen LogP contribution in [0, 0.1) is 0 Å². The van der Waals surface area contributed by atoms with E-state index in [4.69, 9.17) is 9.26 Å². The van der Waals surface area contributed by atoms with Crippen molar-refractivity contribution >= 4 is 5.91 Å². The number of nitrogens with one attached hydrogen (secondary N) is 1. The maximum absolute atomic E-state index is 11.9. The standard InChI is InChI=1S/C16H20N2O3/c1-3-20-16-11-14(21-18-16)9-10-15(19)17-12(2)13-7-5-4-6-8-13/h4-8,11-12H,3,9-10H2,1-2H3,(H,17,19)/t12-/m1/s1. The molecule has 5 heteroatoms. The van der Waals surface area contributed by atoms with E-state index in [-0.39, 0.29) is 11.9 Å². The molecule has 0 radical (unpaired) electrons. The number of amides is 1. The minimum atomic E-state index is -0.0132. The van der Waals surface area contributed by atoms with Gasteiger partial charge in [0.05, 0.1) is 12.6 Å². The van der Waals surface area contributed by atoms with Crippen LogP contribution in [0.15, 0.2) is 40.9 Å². The average molecular weight is 288 g/mol. The number of aromatic nitrogens is 1. The molecule has 1 atom stereocenters. The lowest BCUT2D eigenvalue weighted by Gasteiger charge is -2.13. The van der Waals surface area contributed by atoms with Crippen molar-refractivity contribution in [1.82, 2.24) is 10.5 Å². The number of carbonyl (C=O) groups is 1. The summed E-state index contributed by atoms with van der Waals surface area (Å²) in [7, 11) is 0. The van der Waals surface area contributed by atoms with Gasteiger partial charge in [-0.3, -0.25) is 4.79 Å². The Hall–Kier alpha value is -2.30. The normalized spacial score (nSPS) is 11.9. The Labute approximate surface area is 124 Å². The van der Waals surface area contributed by atoms with E-state index in [1.54, 1.807) is 6.07 Å². The predicted molar refractivity (Wildman–Crippen MR) is 79.0 cm³/mol. The van der Waals surface area contributed by atoms with Crippen molar-refractivity contribution in [1.29, 1.82) is 0 Å². The molecular formula is C16H20N2O3. The van der Waals surface area contributed by atoms with Gasteiger partial charge in [0.25, 0.3) is 5.88 Å². The van der Waals surface area contributed by atoms with Crippen molar-refractivity contribution in [3.8, 4) is 5.88 Å². The minimum absolute atomic E-state index is 0.00703. The molecule has 1 aromatic carbocycles. The molecule has 2 aromatic rings. The summed E-state index contributed by atoms with van der Waals surface area (Å²) in [6, 6.07) is 11.6. The molecule has 21 heavy (non-hydrogen) atoms. The van der Waals surface area contributed by atoms with Crippen molar-refractivity contribution in [2.45, 2.75) is 32.7 Å². The quantitative estimate of drug-likeness (QED) is 0.851. The van der Waals surface area contributed by atoms with Gasteiger partial charge in [-0.2, -0.15) is 0 Å². The summed E-state index contributed by atoms with van der Waals surface area (Å²) < 4.78 is 10.3. The van der Waals surface area contributed by atoms with Gasteiger partial charge in [0, 0.05) is 18.9 Å². The summed E-state index contributed by atoms with van der Waals surface area (Å²) in [5.41, 5.74) is 1.09. The highest BCUT2D eigenvalue weighted by atomic mass is 16.5. The zero-order chi connectivity index (χ0) is 15.1. The Kier molecular flexibility index (Phi) is 5.37. The Bertz CT molecular complexity index is 566. The molecule has 1 amide bonds. The second-order valence-electron chi connectivity index (χ2n) is 4.76. The van der Waals surface area contributed by atoms with Gasteiger partial charge in [-0.15, -0.1) is 0 Å². The van der Waals surface area contributed by atoms with Crippen LogP contribution < -0.4 is 10.1 Å². The lowest BCUT2D eigenvalue weighted by Crippen LogP contribution is -2.26. The Morgan fingerprint density at radius 2 is 2.14 bits per heavy atom. The number of rotatable bonds is 7. The number of nitrogens with zero attached hydrogens (tertiary/aromatic N) is 1. The van der Waals surface area contributed by atoms with E-state index < -0.39 is 0 Å². The molecule has 0 aliphatic carbocycles. The monoisotopic (exact) mass is 288 g/mol. The summed E-state index contributed by atoms with van der Waals surface area (Å²) in [4.78, 5) is 11.9. The fraction of sp³-hybridized carbons (Fsp3) is 0.375. The largest absolute Gasteiger partial charge is 0.476 e. The lowest BCUT2D eigenvalue weighted by molar-refractivity contribution is -0.121. The number of carbonyl (C=O) groups excluding carboxylic acids is 1. The molecule has 0 fully saturated rings. The highest BCUT2D eigenvalue weighted by molar-refractivity contribution is 5.76. The van der Waals surface area contributed by atoms with Crippen LogP contribution in [-0.2, 0) is 11.2 Å². The molecule has 0 aliphatic heterocycles. The maximum atomic E-state index is 11.9. The van der Waals surface area contributed by atoms with Crippen molar-refractivity contribution in [3.63, 3.8) is 0 Å². The highest BCUT2D eigenvalue weighted by Gasteiger charge is 2.11. The number of aryl methyl sites for hydroxylation is 1. The number of ether oxygens (including phenoxy) is 1. The van der Waals surface area contributed by atoms with Gasteiger partial charge in [0.1, 0.15) is 5.76 Å². The van der Waals surface area contributed by atoms with Crippen LogP contribution >= 0.6 is 0 Å². The van der Waals surface area contributed by atoms with Crippen LogP contribution in [0.4, 0.5) is 0 Å². The highest BCUT2D eigenvalue weighted by Crippen LogP contribution is 2.14. The number of benzene rings is 1. The third-order valence-electron chi connectivity index (χ3n) is 3.11. The molecule has 0 saturated carbocycles. The molecule has 0 saturated heterocycles. The van der Waals surface area contributed by atoms with Gasteiger partial charge in [0.15, 0.2) is 0 Å². The average Bonchev–Trinajstić information content (AvgIpc) is 2.94. The summed E-state index contributed by atoms with van der Waals surface area (Å²) in [5, 5.41) is 6.73. The van der Waals surface area contributed by atoms with Gasteiger partial charge in [-0.1, -0.05) is 30.3 Å². The summed E-state index contributed by atoms with van der Waals surface area (Å²) in [6.07, 6.45) is 0.866. The molecule has 1 aromatic heterocycles. The third kappa shape index (κ3) is 4.63. The van der Waals surface area contributed by atoms with E-state index in [0.29, 0.717) is 31.1 Å². The zero-order valence-electron chi connectivity index (χ0n) is 12.3. The summed E-state index contributed by atoms with van der Waals surface area (Å²) in [6.45, 7) is 4.39. The minimum Gasteiger partial charge on any atom is -0.476 e. The van der Waals surface area contributed by atoms with E-state index >= 15 is 0 Å². The fourth-order valence-corrected chi connectivity index (χ4v) is 2.00. The van der Waals surface area contributed by atoms with Crippen molar-refractivity contribution in [2.75, 3.05) is 6.61 Å². The molecule has 0 unspecified atom stereocenters. The van der Waals surface area contributed by atoms with Crippen LogP contribution in [0.3, 0.4) is 0 Å². The fourth-order valence-electron chi connectivity index (χ4n) is 2.00. The number of hydrogen-bond acceptors (Lipinski definition) is 4. The van der Waals surface area contributed by atoms with E-state index in [1.165, 1.54) is 0 Å². The molecular weight excluding hydrogens is 268 g/mol. The Morgan fingerprint density at radius 3 is 2.86 bits per heavy atom. The van der Waals surface area contributed by atoms with Gasteiger partial charge in [0.2, 0.25) is 5.91 Å². The smallest absolute Gasteiger partial charge is 0.254 e. The van der Waals surface area contributed by atoms with E-state index in [1.807, 2.05) is 44.2 Å². The van der Waals surface area contributed by atoms with Crippen LogP contribution in [0.2, 0.25) is 0 Å². The van der Waals surface area contributed by atoms with Crippen LogP contribution in [0.25, 0.3) is 0 Å². The molecule has 0 bridgehead atoms. The topological polar surface area (TPSA) is 64.4 Å². The molecule has 0 aliphatic rings. The first-order chi connectivity index (χ1) is 10.2. The van der Waals surface area contributed by atoms with E-state index in [0.717, 1.165) is 5.56 Å². The predicted octanol–water partition coefficient (Wildman–Crippen LogP) is 2.88. The van der Waals surface area contributed by atoms with Gasteiger partial charge in [-0.05, 0) is 24.6 Å². The Balaban J connectivity index is 1.79. The van der Waals surface area contributed by atoms with Gasteiger partial charge >= 0.3 is 0 Å². The van der Waals surface area contributed by atoms with Crippen molar-refractivity contribution in [2.24, 2.45) is 0 Å². The SMILES string of the molecule is CCOc1cc(CCC(=O)N[C@H](C)c2ccccc2)on1. The van der Waals surface area contributed by atoms with Gasteiger partial charge < -0.3 is 14.6 Å². The number of hydrogen-bond donors (Lipinski definition) is 1. The molecule has 0 spiro atoms. The summed E-state index contributed by atoms with van der Waals surface area (Å²) >= 11 is 0. The first-order valence-corrected chi connectivity index (χ1v) is 7.11. The van der Waals surface area contributed by atoms with Crippen LogP contribution in [0.5, 0.6) is 5.88 Å². The first-order valence-electron chi connectivity index (χ1n) is 7.11. The second kappa shape index (κ2) is 7.47. The van der Waals surface area contributed by atoms with E-state index in [2.05, 4.69) is 10.5 Å². The molecule has 112 valence electrons. The van der Waals surface area contributed by atoms with Crippen LogP contribution in [0.1, 0.15) is 37.6 Å². The second-order valence-corrected chi connectivity index (χ2v) is 4.76. The van der Waals surface area contributed by atoms with Crippen molar-refractivity contribution < 1.29 is 14.1 Å². The maximum Gasteiger partial charge on any atom is 0.254 e. The molecule has 5 nitrogen and oxygen atoms in total. The molecule has 1 N–H and O–H groups in total. The van der Waals surface area contributed by atoms with Gasteiger partial charge in [-0.25, -0.2) is 0 Å². The zero-order valence-corrected chi connectivity index (χ0v) is 12.3. The lowest BCUT2D eigenvalue weighted by atomic mass is 10.1. The van der Waals surface area contributed by atoms with Crippen molar-refractivity contribution in [3.05, 3.63) is 47.7 Å².